The number of hydrogen-bond acceptors (Lipinski definition) is 3. The van der Waals surface area contributed by atoms with Crippen molar-refractivity contribution < 1.29 is 14.3 Å². The molecular formula is C7H8BClO3. The average molecular weight is 186 g/mol. The molecule has 0 aromatic heterocycles. The molecule has 64 valence electrons. The largest absolute Gasteiger partial charge is 0.488 e. The fourth-order valence-electron chi connectivity index (χ4n) is 0.976. The van der Waals surface area contributed by atoms with Gasteiger partial charge in [0.25, 0.3) is 0 Å². The van der Waals surface area contributed by atoms with E-state index in [-0.39, 0.29) is 6.61 Å². The van der Waals surface area contributed by atoms with Crippen molar-refractivity contribution in [2.45, 2.75) is 6.61 Å². The van der Waals surface area contributed by atoms with E-state index in [4.69, 9.17) is 21.9 Å². The lowest BCUT2D eigenvalue weighted by Gasteiger charge is -2.05. The zero-order chi connectivity index (χ0) is 8.97. The Morgan fingerprint density at radius 3 is 2.58 bits per heavy atom. The SMILES string of the molecule is OB(O)c1ccccc1COCl. The number of halogens is 1. The van der Waals surface area contributed by atoms with Crippen LogP contribution >= 0.6 is 11.9 Å². The van der Waals surface area contributed by atoms with Crippen LogP contribution in [0.3, 0.4) is 0 Å². The second-order valence-corrected chi connectivity index (χ2v) is 2.54. The summed E-state index contributed by atoms with van der Waals surface area (Å²) >= 11 is 5.05. The van der Waals surface area contributed by atoms with E-state index in [1.165, 1.54) is 0 Å². The van der Waals surface area contributed by atoms with Crippen molar-refractivity contribution in [2.75, 3.05) is 0 Å². The van der Waals surface area contributed by atoms with E-state index in [1.807, 2.05) is 0 Å². The molecule has 0 aliphatic rings. The van der Waals surface area contributed by atoms with Crippen molar-refractivity contribution in [1.29, 1.82) is 0 Å². The molecule has 0 radical (unpaired) electrons. The summed E-state index contributed by atoms with van der Waals surface area (Å²) in [5.41, 5.74) is 1.08. The van der Waals surface area contributed by atoms with Crippen LogP contribution in [0.4, 0.5) is 0 Å². The third-order valence-corrected chi connectivity index (χ3v) is 1.65. The van der Waals surface area contributed by atoms with E-state index in [0.717, 1.165) is 0 Å². The number of rotatable bonds is 3. The van der Waals surface area contributed by atoms with Crippen molar-refractivity contribution in [3.05, 3.63) is 29.8 Å². The maximum Gasteiger partial charge on any atom is 0.488 e. The van der Waals surface area contributed by atoms with Gasteiger partial charge in [-0.05, 0) is 11.0 Å². The molecule has 0 saturated heterocycles. The fraction of sp³-hybridized carbons (Fsp3) is 0.143. The molecule has 1 aromatic carbocycles. The van der Waals surface area contributed by atoms with Gasteiger partial charge in [0.05, 0.1) is 18.5 Å². The van der Waals surface area contributed by atoms with Gasteiger partial charge < -0.3 is 10.0 Å². The first-order valence-electron chi connectivity index (χ1n) is 3.43. The summed E-state index contributed by atoms with van der Waals surface area (Å²) < 4.78 is 4.37. The van der Waals surface area contributed by atoms with Crippen molar-refractivity contribution in [1.82, 2.24) is 0 Å². The molecule has 2 N–H and O–H groups in total. The van der Waals surface area contributed by atoms with Crippen LogP contribution in [0.1, 0.15) is 5.56 Å². The van der Waals surface area contributed by atoms with Gasteiger partial charge in [-0.3, -0.25) is 4.29 Å². The standard InChI is InChI=1S/C7H8BClO3/c9-12-5-6-3-1-2-4-7(6)8(10)11/h1-4,10-11H,5H2. The Morgan fingerprint density at radius 2 is 2.00 bits per heavy atom. The monoisotopic (exact) mass is 186 g/mol. The van der Waals surface area contributed by atoms with Crippen molar-refractivity contribution in [3.8, 4) is 0 Å². The summed E-state index contributed by atoms with van der Waals surface area (Å²) in [6, 6.07) is 6.82. The third kappa shape index (κ3) is 2.22. The molecule has 1 aromatic rings. The summed E-state index contributed by atoms with van der Waals surface area (Å²) in [5.74, 6) is 0. The van der Waals surface area contributed by atoms with Gasteiger partial charge in [0.15, 0.2) is 0 Å². The molecule has 3 nitrogen and oxygen atoms in total. The number of benzene rings is 1. The molecule has 0 fully saturated rings. The predicted octanol–water partition coefficient (Wildman–Crippen LogP) is 0.0368. The van der Waals surface area contributed by atoms with Crippen LogP contribution in [0.25, 0.3) is 0 Å². The summed E-state index contributed by atoms with van der Waals surface area (Å²) in [5, 5.41) is 17.8. The highest BCUT2D eigenvalue weighted by atomic mass is 35.5. The zero-order valence-corrected chi connectivity index (χ0v) is 7.03. The van der Waals surface area contributed by atoms with Gasteiger partial charge in [0.1, 0.15) is 0 Å². The highest BCUT2D eigenvalue weighted by Gasteiger charge is 2.14. The van der Waals surface area contributed by atoms with Crippen LogP contribution in [0, 0.1) is 0 Å². The molecule has 0 spiro atoms. The van der Waals surface area contributed by atoms with E-state index >= 15 is 0 Å². The normalized spacial score (nSPS) is 9.92. The van der Waals surface area contributed by atoms with Crippen molar-refractivity contribution in [3.63, 3.8) is 0 Å². The van der Waals surface area contributed by atoms with Crippen LogP contribution in [-0.2, 0) is 10.9 Å². The van der Waals surface area contributed by atoms with Crippen LogP contribution < -0.4 is 5.46 Å². The van der Waals surface area contributed by atoms with E-state index < -0.39 is 7.12 Å². The Morgan fingerprint density at radius 1 is 1.33 bits per heavy atom. The Bertz CT molecular complexity index is 254. The first-order valence-corrected chi connectivity index (χ1v) is 3.74. The van der Waals surface area contributed by atoms with E-state index in [9.17, 15) is 0 Å². The second kappa shape index (κ2) is 4.47. The van der Waals surface area contributed by atoms with Gasteiger partial charge in [-0.2, -0.15) is 0 Å². The lowest BCUT2D eigenvalue weighted by Crippen LogP contribution is -2.32. The van der Waals surface area contributed by atoms with Crippen LogP contribution in [-0.4, -0.2) is 17.2 Å². The Hall–Kier alpha value is -0.545. The first-order chi connectivity index (χ1) is 5.75. The van der Waals surface area contributed by atoms with Gasteiger partial charge in [-0.25, -0.2) is 0 Å². The van der Waals surface area contributed by atoms with Crippen molar-refractivity contribution in [2.24, 2.45) is 0 Å². The molecule has 0 atom stereocenters. The molecule has 0 aliphatic carbocycles. The van der Waals surface area contributed by atoms with Crippen molar-refractivity contribution >= 4 is 24.4 Å². The molecule has 0 amide bonds. The molecule has 12 heavy (non-hydrogen) atoms. The zero-order valence-electron chi connectivity index (χ0n) is 6.27. The first kappa shape index (κ1) is 9.54. The second-order valence-electron chi connectivity index (χ2n) is 2.33. The highest BCUT2D eigenvalue weighted by molar-refractivity contribution is 6.59. The van der Waals surface area contributed by atoms with Crippen LogP contribution in [0.2, 0.25) is 0 Å². The summed E-state index contributed by atoms with van der Waals surface area (Å²) in [6.07, 6.45) is 0. The third-order valence-electron chi connectivity index (χ3n) is 1.54. The molecule has 0 aliphatic heterocycles. The van der Waals surface area contributed by atoms with E-state index in [1.54, 1.807) is 24.3 Å². The lowest BCUT2D eigenvalue weighted by atomic mass is 9.77. The van der Waals surface area contributed by atoms with Gasteiger partial charge in [0, 0.05) is 0 Å². The topological polar surface area (TPSA) is 49.7 Å². The van der Waals surface area contributed by atoms with Gasteiger partial charge >= 0.3 is 7.12 Å². The lowest BCUT2D eigenvalue weighted by molar-refractivity contribution is 0.340. The minimum atomic E-state index is -1.48. The van der Waals surface area contributed by atoms with E-state index in [0.29, 0.717) is 11.0 Å². The van der Waals surface area contributed by atoms with Gasteiger partial charge in [-0.1, -0.05) is 24.3 Å². The Kier molecular flexibility index (Phi) is 3.56. The number of hydrogen-bond donors (Lipinski definition) is 2. The maximum absolute atomic E-state index is 8.89. The fourth-order valence-corrected chi connectivity index (χ4v) is 1.09. The molecule has 0 heterocycles. The predicted molar refractivity (Wildman–Crippen MR) is 46.9 cm³/mol. The molecule has 5 heteroatoms. The van der Waals surface area contributed by atoms with Crippen LogP contribution in [0.15, 0.2) is 24.3 Å². The highest BCUT2D eigenvalue weighted by Crippen LogP contribution is 2.00. The summed E-state index contributed by atoms with van der Waals surface area (Å²) in [6.45, 7) is 0.162. The quantitative estimate of drug-likeness (QED) is 0.655. The van der Waals surface area contributed by atoms with Crippen LogP contribution in [0.5, 0.6) is 0 Å². The minimum Gasteiger partial charge on any atom is -0.423 e. The average Bonchev–Trinajstić information content (AvgIpc) is 2.05. The summed E-state index contributed by atoms with van der Waals surface area (Å²) in [7, 11) is -1.48. The van der Waals surface area contributed by atoms with Gasteiger partial charge in [0.2, 0.25) is 0 Å². The maximum atomic E-state index is 8.89. The van der Waals surface area contributed by atoms with E-state index in [2.05, 4.69) is 4.29 Å². The minimum absolute atomic E-state index is 0.162. The Labute approximate surface area is 75.9 Å². The molecule has 0 saturated carbocycles. The molecular weight excluding hydrogens is 178 g/mol. The summed E-state index contributed by atoms with van der Waals surface area (Å²) in [4.78, 5) is 0. The Balaban J connectivity index is 2.92. The molecule has 0 bridgehead atoms. The van der Waals surface area contributed by atoms with Gasteiger partial charge in [-0.15, -0.1) is 0 Å². The smallest absolute Gasteiger partial charge is 0.423 e. The molecule has 0 unspecified atom stereocenters. The molecule has 1 rings (SSSR count).